The molecule has 0 saturated carbocycles. The summed E-state index contributed by atoms with van der Waals surface area (Å²) < 4.78 is 5.43. The van der Waals surface area contributed by atoms with Gasteiger partial charge in [0.2, 0.25) is 0 Å². The molecule has 1 aromatic carbocycles. The fourth-order valence-corrected chi connectivity index (χ4v) is 2.85. The highest BCUT2D eigenvalue weighted by Crippen LogP contribution is 2.21. The zero-order valence-corrected chi connectivity index (χ0v) is 13.1. The van der Waals surface area contributed by atoms with Crippen LogP contribution in [-0.2, 0) is 17.6 Å². The smallest absolute Gasteiger partial charge is 0.0485 e. The van der Waals surface area contributed by atoms with Gasteiger partial charge in [-0.05, 0) is 55.4 Å². The summed E-state index contributed by atoms with van der Waals surface area (Å²) in [6.07, 6.45) is 8.51. The van der Waals surface area contributed by atoms with E-state index in [0.29, 0.717) is 6.04 Å². The summed E-state index contributed by atoms with van der Waals surface area (Å²) in [4.78, 5) is 0. The Morgan fingerprint density at radius 3 is 2.50 bits per heavy atom. The van der Waals surface area contributed by atoms with E-state index in [2.05, 4.69) is 37.4 Å². The van der Waals surface area contributed by atoms with Gasteiger partial charge in [0.1, 0.15) is 0 Å². The number of aryl methyl sites for hydroxylation is 2. The summed E-state index contributed by atoms with van der Waals surface area (Å²) in [7, 11) is 0. The maximum Gasteiger partial charge on any atom is 0.0485 e. The number of anilines is 1. The molecule has 1 fully saturated rings. The summed E-state index contributed by atoms with van der Waals surface area (Å²) in [5.41, 5.74) is 4.25. The fourth-order valence-electron chi connectivity index (χ4n) is 2.85. The van der Waals surface area contributed by atoms with Crippen LogP contribution in [0.5, 0.6) is 0 Å². The Bertz CT molecular complexity index is 396. The van der Waals surface area contributed by atoms with Gasteiger partial charge in [0, 0.05) is 24.9 Å². The van der Waals surface area contributed by atoms with Crippen molar-refractivity contribution in [1.29, 1.82) is 0 Å². The van der Waals surface area contributed by atoms with Crippen LogP contribution in [0, 0.1) is 0 Å². The first-order chi connectivity index (χ1) is 9.81. The van der Waals surface area contributed by atoms with Crippen LogP contribution in [0.1, 0.15) is 57.1 Å². The molecule has 1 aromatic rings. The molecular weight excluding hydrogens is 246 g/mol. The van der Waals surface area contributed by atoms with Gasteiger partial charge < -0.3 is 10.1 Å². The third kappa shape index (κ3) is 4.82. The zero-order chi connectivity index (χ0) is 14.2. The number of benzene rings is 1. The number of nitrogens with one attached hydrogen (secondary N) is 1. The van der Waals surface area contributed by atoms with Gasteiger partial charge in [0.25, 0.3) is 0 Å². The third-order valence-electron chi connectivity index (χ3n) is 4.12. The normalized spacial score (nSPS) is 16.3. The summed E-state index contributed by atoms with van der Waals surface area (Å²) in [5.74, 6) is 0. The predicted octanol–water partition coefficient (Wildman–Crippen LogP) is 4.57. The van der Waals surface area contributed by atoms with Crippen molar-refractivity contribution >= 4 is 5.69 Å². The highest BCUT2D eigenvalue weighted by Gasteiger charge is 2.13. The van der Waals surface area contributed by atoms with E-state index in [1.54, 1.807) is 0 Å². The molecule has 1 heterocycles. The van der Waals surface area contributed by atoms with Crippen LogP contribution in [0.25, 0.3) is 0 Å². The summed E-state index contributed by atoms with van der Waals surface area (Å²) in [6, 6.07) is 7.63. The minimum Gasteiger partial charge on any atom is -0.382 e. The summed E-state index contributed by atoms with van der Waals surface area (Å²) in [6.45, 7) is 6.30. The molecule has 20 heavy (non-hydrogen) atoms. The van der Waals surface area contributed by atoms with Crippen LogP contribution in [0.4, 0.5) is 5.69 Å². The van der Waals surface area contributed by atoms with E-state index < -0.39 is 0 Å². The lowest BCUT2D eigenvalue weighted by molar-refractivity contribution is 0.0904. The first kappa shape index (κ1) is 15.4. The molecule has 0 spiro atoms. The molecule has 0 unspecified atom stereocenters. The molecule has 2 nitrogen and oxygen atoms in total. The highest BCUT2D eigenvalue weighted by molar-refractivity contribution is 5.49. The average Bonchev–Trinajstić information content (AvgIpc) is 2.48. The van der Waals surface area contributed by atoms with Crippen molar-refractivity contribution in [2.45, 2.75) is 64.8 Å². The van der Waals surface area contributed by atoms with Crippen LogP contribution in [-0.4, -0.2) is 19.3 Å². The Balaban J connectivity index is 2.00. The zero-order valence-electron chi connectivity index (χ0n) is 13.1. The Labute approximate surface area is 123 Å². The second-order valence-electron chi connectivity index (χ2n) is 5.88. The Kier molecular flexibility index (Phi) is 6.38. The van der Waals surface area contributed by atoms with E-state index in [0.717, 1.165) is 32.5 Å². The van der Waals surface area contributed by atoms with Crippen molar-refractivity contribution in [3.8, 4) is 0 Å². The molecule has 112 valence electrons. The van der Waals surface area contributed by atoms with Crippen LogP contribution >= 0.6 is 0 Å². The van der Waals surface area contributed by atoms with Crippen molar-refractivity contribution < 1.29 is 4.74 Å². The Morgan fingerprint density at radius 1 is 1.05 bits per heavy atom. The maximum atomic E-state index is 5.43. The van der Waals surface area contributed by atoms with Crippen LogP contribution in [0.15, 0.2) is 18.2 Å². The number of ether oxygens (including phenoxy) is 1. The van der Waals surface area contributed by atoms with Crippen molar-refractivity contribution in [3.05, 3.63) is 29.3 Å². The molecule has 0 aromatic heterocycles. The summed E-state index contributed by atoms with van der Waals surface area (Å²) >= 11 is 0. The van der Waals surface area contributed by atoms with Gasteiger partial charge in [-0.3, -0.25) is 0 Å². The molecule has 0 radical (unpaired) electrons. The minimum absolute atomic E-state index is 0.583. The van der Waals surface area contributed by atoms with Crippen LogP contribution < -0.4 is 5.32 Å². The Hall–Kier alpha value is -1.02. The molecule has 0 aliphatic carbocycles. The third-order valence-corrected chi connectivity index (χ3v) is 4.12. The molecule has 2 rings (SSSR count). The van der Waals surface area contributed by atoms with Gasteiger partial charge in [-0.1, -0.05) is 32.8 Å². The second-order valence-corrected chi connectivity index (χ2v) is 5.88. The summed E-state index contributed by atoms with van der Waals surface area (Å²) in [5, 5.41) is 3.71. The molecule has 1 saturated heterocycles. The van der Waals surface area contributed by atoms with Gasteiger partial charge in [-0.25, -0.2) is 0 Å². The number of hydrogen-bond donors (Lipinski definition) is 1. The first-order valence-electron chi connectivity index (χ1n) is 8.29. The van der Waals surface area contributed by atoms with Gasteiger partial charge in [-0.15, -0.1) is 0 Å². The quantitative estimate of drug-likeness (QED) is 0.736. The van der Waals surface area contributed by atoms with E-state index >= 15 is 0 Å². The number of unbranched alkanes of at least 4 members (excludes halogenated alkanes) is 2. The average molecular weight is 275 g/mol. The van der Waals surface area contributed by atoms with Gasteiger partial charge in [0.15, 0.2) is 0 Å². The van der Waals surface area contributed by atoms with Crippen molar-refractivity contribution in [3.63, 3.8) is 0 Å². The fraction of sp³-hybridized carbons (Fsp3) is 0.667. The van der Waals surface area contributed by atoms with Crippen LogP contribution in [0.2, 0.25) is 0 Å². The molecular formula is C18H29NO. The van der Waals surface area contributed by atoms with E-state index in [1.807, 2.05) is 0 Å². The predicted molar refractivity (Wildman–Crippen MR) is 86.5 cm³/mol. The van der Waals surface area contributed by atoms with Crippen LogP contribution in [0.3, 0.4) is 0 Å². The molecule has 0 atom stereocenters. The van der Waals surface area contributed by atoms with Gasteiger partial charge in [0.05, 0.1) is 0 Å². The lowest BCUT2D eigenvalue weighted by Gasteiger charge is -2.24. The lowest BCUT2D eigenvalue weighted by Crippen LogP contribution is -2.27. The topological polar surface area (TPSA) is 21.3 Å². The van der Waals surface area contributed by atoms with E-state index in [-0.39, 0.29) is 0 Å². The van der Waals surface area contributed by atoms with E-state index in [1.165, 1.54) is 42.5 Å². The maximum absolute atomic E-state index is 5.43. The molecule has 0 amide bonds. The van der Waals surface area contributed by atoms with E-state index in [9.17, 15) is 0 Å². The van der Waals surface area contributed by atoms with Gasteiger partial charge >= 0.3 is 0 Å². The lowest BCUT2D eigenvalue weighted by atomic mass is 10.0. The highest BCUT2D eigenvalue weighted by atomic mass is 16.5. The molecule has 1 N–H and O–H groups in total. The van der Waals surface area contributed by atoms with Crippen molar-refractivity contribution in [1.82, 2.24) is 0 Å². The largest absolute Gasteiger partial charge is 0.382 e. The monoisotopic (exact) mass is 275 g/mol. The molecule has 2 heteroatoms. The number of rotatable bonds is 7. The number of hydrogen-bond acceptors (Lipinski definition) is 2. The Morgan fingerprint density at radius 2 is 1.80 bits per heavy atom. The molecule has 1 aliphatic heterocycles. The van der Waals surface area contributed by atoms with Crippen molar-refractivity contribution in [2.75, 3.05) is 18.5 Å². The van der Waals surface area contributed by atoms with Gasteiger partial charge in [-0.2, -0.15) is 0 Å². The first-order valence-corrected chi connectivity index (χ1v) is 8.29. The molecule has 0 bridgehead atoms. The second kappa shape index (κ2) is 8.31. The SMILES string of the molecule is CCCCCc1cc(CC)cc(NC2CCOCC2)c1. The van der Waals surface area contributed by atoms with E-state index in [4.69, 9.17) is 4.74 Å². The van der Waals surface area contributed by atoms with Crippen molar-refractivity contribution in [2.24, 2.45) is 0 Å². The standard InChI is InChI=1S/C18H29NO/c1-3-5-6-7-16-12-15(4-2)13-18(14-16)19-17-8-10-20-11-9-17/h12-14,17,19H,3-11H2,1-2H3. The minimum atomic E-state index is 0.583. The molecule has 1 aliphatic rings.